The van der Waals surface area contributed by atoms with Crippen molar-refractivity contribution in [1.29, 1.82) is 0 Å². The van der Waals surface area contributed by atoms with E-state index in [-0.39, 0.29) is 57.7 Å². The molecule has 1 amide bonds. The molecule has 0 saturated carbocycles. The lowest BCUT2D eigenvalue weighted by atomic mass is 9.96. The molecule has 0 radical (unpaired) electrons. The molecule has 0 aliphatic heterocycles. The van der Waals surface area contributed by atoms with Gasteiger partial charge in [-0.15, -0.1) is 0 Å². The number of allylic oxidation sites excluding steroid dienone is 3. The molecule has 8 nitrogen and oxygen atoms in total. The predicted molar refractivity (Wildman–Crippen MR) is 149 cm³/mol. The molecule has 11 heteroatoms. The van der Waals surface area contributed by atoms with Crippen molar-refractivity contribution in [2.24, 2.45) is 10.9 Å². The Bertz CT molecular complexity index is 1260. The summed E-state index contributed by atoms with van der Waals surface area (Å²) in [5, 5.41) is 0.207. The van der Waals surface area contributed by atoms with Crippen LogP contribution in [0.15, 0.2) is 52.1 Å². The van der Waals surface area contributed by atoms with Gasteiger partial charge in [0.15, 0.2) is 5.78 Å². The summed E-state index contributed by atoms with van der Waals surface area (Å²) in [7, 11) is 1.46. The molecular weight excluding hydrogens is 514 g/mol. The van der Waals surface area contributed by atoms with Crippen LogP contribution in [0.2, 0.25) is 0 Å². The summed E-state index contributed by atoms with van der Waals surface area (Å²) in [5.74, 6) is -2.53. The van der Waals surface area contributed by atoms with Crippen LogP contribution in [0.25, 0.3) is 0 Å². The van der Waals surface area contributed by atoms with Crippen molar-refractivity contribution >= 4 is 46.6 Å². The lowest BCUT2D eigenvalue weighted by Gasteiger charge is -2.31. The van der Waals surface area contributed by atoms with Crippen LogP contribution in [0.1, 0.15) is 51.4 Å². The summed E-state index contributed by atoms with van der Waals surface area (Å²) in [5.41, 5.74) is 6.22. The number of hydrogen-bond donors (Lipinski definition) is 1. The minimum atomic E-state index is -0.864. The van der Waals surface area contributed by atoms with Crippen LogP contribution in [0.3, 0.4) is 0 Å². The zero-order valence-electron chi connectivity index (χ0n) is 22.4. The van der Waals surface area contributed by atoms with Crippen molar-refractivity contribution in [3.8, 4) is 0 Å². The number of aromatic nitrogens is 2. The number of amides is 1. The van der Waals surface area contributed by atoms with Crippen molar-refractivity contribution in [2.75, 3.05) is 35.7 Å². The highest BCUT2D eigenvalue weighted by Crippen LogP contribution is 2.29. The Kier molecular flexibility index (Phi) is 11.1. The molecule has 2 aromatic rings. The van der Waals surface area contributed by atoms with E-state index in [4.69, 9.17) is 17.3 Å². The average molecular weight is 547 g/mol. The van der Waals surface area contributed by atoms with Gasteiger partial charge in [0.1, 0.15) is 23.3 Å². The second kappa shape index (κ2) is 13.8. The third-order valence-electron chi connectivity index (χ3n) is 5.91. The first kappa shape index (κ1) is 30.6. The van der Waals surface area contributed by atoms with Crippen molar-refractivity contribution in [3.05, 3.63) is 64.4 Å². The Hall–Kier alpha value is -3.66. The summed E-state index contributed by atoms with van der Waals surface area (Å²) >= 11 is 6.54. The smallest absolute Gasteiger partial charge is 0.261 e. The number of likely N-dealkylation sites (N-methyl/N-ethyl adjacent to an activating group) is 1. The molecule has 204 valence electrons. The highest BCUT2D eigenvalue weighted by atomic mass is 35.5. The van der Waals surface area contributed by atoms with E-state index in [0.29, 0.717) is 19.0 Å². The molecule has 1 heterocycles. The van der Waals surface area contributed by atoms with Gasteiger partial charge in [0, 0.05) is 36.5 Å². The predicted octanol–water partition coefficient (Wildman–Crippen LogP) is 5.54. The van der Waals surface area contributed by atoms with Gasteiger partial charge in [0.25, 0.3) is 5.91 Å². The number of rotatable bonds is 10. The molecule has 1 atom stereocenters. The molecule has 0 aliphatic rings. The van der Waals surface area contributed by atoms with Gasteiger partial charge < -0.3 is 10.6 Å². The number of carbonyl (C=O) groups is 2. The maximum atomic E-state index is 14.4. The van der Waals surface area contributed by atoms with E-state index in [1.807, 2.05) is 20.8 Å². The van der Waals surface area contributed by atoms with E-state index in [1.54, 1.807) is 24.0 Å². The largest absolute Gasteiger partial charge is 0.368 e. The first-order valence-corrected chi connectivity index (χ1v) is 12.5. The number of carbonyl (C=O) groups excluding carboxylic acids is 2. The second-order valence-corrected chi connectivity index (χ2v) is 8.92. The van der Waals surface area contributed by atoms with Gasteiger partial charge in [-0.05, 0) is 51.3 Å². The molecule has 0 fully saturated rings. The Labute approximate surface area is 226 Å². The van der Waals surface area contributed by atoms with Gasteiger partial charge in [-0.3, -0.25) is 19.5 Å². The number of amidine groups is 1. The van der Waals surface area contributed by atoms with Crippen molar-refractivity contribution in [1.82, 2.24) is 9.97 Å². The molecule has 1 aromatic heterocycles. The number of halogens is 3. The number of nitrogen functional groups attached to an aromatic ring is 1. The molecule has 0 bridgehead atoms. The summed E-state index contributed by atoms with van der Waals surface area (Å²) in [4.78, 5) is 41.7. The van der Waals surface area contributed by atoms with Crippen LogP contribution in [0.5, 0.6) is 0 Å². The van der Waals surface area contributed by atoms with E-state index in [9.17, 15) is 18.4 Å². The van der Waals surface area contributed by atoms with Gasteiger partial charge in [-0.1, -0.05) is 31.5 Å². The highest BCUT2D eigenvalue weighted by Gasteiger charge is 2.31. The molecule has 38 heavy (non-hydrogen) atoms. The maximum absolute atomic E-state index is 14.4. The monoisotopic (exact) mass is 546 g/mol. The molecule has 1 unspecified atom stereocenters. The number of Topliss-reactive ketones (excluding diaryl/α,β-unsaturated/α-hetero) is 1. The minimum Gasteiger partial charge on any atom is -0.368 e. The van der Waals surface area contributed by atoms with Crippen molar-refractivity contribution < 1.29 is 18.4 Å². The normalized spacial score (nSPS) is 13.3. The van der Waals surface area contributed by atoms with E-state index >= 15 is 0 Å². The topological polar surface area (TPSA) is 105 Å². The number of nitrogens with zero attached hydrogens (tertiary/aromatic N) is 5. The summed E-state index contributed by atoms with van der Waals surface area (Å²) in [6.07, 6.45) is 5.20. The van der Waals surface area contributed by atoms with Gasteiger partial charge in [-0.25, -0.2) is 13.8 Å². The van der Waals surface area contributed by atoms with Crippen molar-refractivity contribution in [2.45, 2.75) is 41.0 Å². The van der Waals surface area contributed by atoms with E-state index < -0.39 is 17.5 Å². The number of nitrogens with two attached hydrogens (primary N) is 1. The number of benzene rings is 1. The summed E-state index contributed by atoms with van der Waals surface area (Å²) in [6, 6.07) is 2.81. The number of aliphatic imine (C=N–C) groups is 1. The van der Waals surface area contributed by atoms with Crippen LogP contribution >= 0.6 is 11.6 Å². The van der Waals surface area contributed by atoms with Gasteiger partial charge in [0.05, 0.1) is 17.8 Å². The standard InChI is InChI=1S/C27H33ClF2N6O2/c1-7-10-22(28)24(16(4)8-2)26(38)36(20-12-18(29)11-19(30)13-20)23(32-6)15-35(9-3)25-21(17(5)37)14-33-27(31)34-25/h7,10-14,16H,8-9,15H2,1-6H3,(H2,31,33,34). The first-order valence-electron chi connectivity index (χ1n) is 12.2. The Morgan fingerprint density at radius 2 is 1.84 bits per heavy atom. The van der Waals surface area contributed by atoms with Crippen LogP contribution < -0.4 is 15.5 Å². The average Bonchev–Trinajstić information content (AvgIpc) is 2.85. The van der Waals surface area contributed by atoms with E-state index in [2.05, 4.69) is 15.0 Å². The van der Waals surface area contributed by atoms with Crippen LogP contribution in [0, 0.1) is 17.6 Å². The molecule has 2 rings (SSSR count). The highest BCUT2D eigenvalue weighted by molar-refractivity contribution is 6.35. The fraction of sp³-hybridized carbons (Fsp3) is 0.370. The molecule has 0 saturated heterocycles. The van der Waals surface area contributed by atoms with E-state index in [1.165, 1.54) is 20.2 Å². The van der Waals surface area contributed by atoms with Crippen LogP contribution in [-0.4, -0.2) is 47.6 Å². The zero-order valence-corrected chi connectivity index (χ0v) is 23.2. The van der Waals surface area contributed by atoms with E-state index in [0.717, 1.165) is 17.0 Å². The number of hydrogen-bond acceptors (Lipinski definition) is 7. The maximum Gasteiger partial charge on any atom is 0.261 e. The fourth-order valence-corrected chi connectivity index (χ4v) is 4.18. The first-order chi connectivity index (χ1) is 18.0. The second-order valence-electron chi connectivity index (χ2n) is 8.51. The molecule has 1 aromatic carbocycles. The third-order valence-corrected chi connectivity index (χ3v) is 6.24. The lowest BCUT2D eigenvalue weighted by molar-refractivity contribution is -0.114. The SMILES string of the molecule is CC=CC(Cl)=C(C(=O)N(C(CN(CC)c1nc(N)ncc1C(C)=O)=NC)c1cc(F)cc(F)c1)C(C)CC. The Morgan fingerprint density at radius 3 is 2.34 bits per heavy atom. The Balaban J connectivity index is 2.75. The minimum absolute atomic E-state index is 0.0429. The van der Waals surface area contributed by atoms with Gasteiger partial charge in [-0.2, -0.15) is 4.98 Å². The Morgan fingerprint density at radius 1 is 1.21 bits per heavy atom. The number of ketones is 1. The zero-order chi connectivity index (χ0) is 28.6. The fourth-order valence-electron chi connectivity index (χ4n) is 3.78. The molecule has 0 spiro atoms. The van der Waals surface area contributed by atoms with Gasteiger partial charge >= 0.3 is 0 Å². The quantitative estimate of drug-likeness (QED) is 0.138. The lowest BCUT2D eigenvalue weighted by Crippen LogP contribution is -2.46. The number of anilines is 3. The third kappa shape index (κ3) is 7.22. The summed E-state index contributed by atoms with van der Waals surface area (Å²) < 4.78 is 28.7. The van der Waals surface area contributed by atoms with Gasteiger partial charge in [0.2, 0.25) is 5.95 Å². The van der Waals surface area contributed by atoms with Crippen LogP contribution in [0.4, 0.5) is 26.2 Å². The van der Waals surface area contributed by atoms with Crippen molar-refractivity contribution in [3.63, 3.8) is 0 Å². The van der Waals surface area contributed by atoms with Crippen LogP contribution in [-0.2, 0) is 4.79 Å². The summed E-state index contributed by atoms with van der Waals surface area (Å²) in [6.45, 7) is 8.98. The molecular formula is C27H33ClF2N6O2. The molecule has 2 N–H and O–H groups in total. The molecule has 0 aliphatic carbocycles.